The van der Waals surface area contributed by atoms with Crippen molar-refractivity contribution in [3.8, 4) is 0 Å². The van der Waals surface area contributed by atoms with E-state index >= 15 is 0 Å². The molecule has 5 nitrogen and oxygen atoms in total. The first-order valence-corrected chi connectivity index (χ1v) is 7.81. The molecule has 2 rings (SSSR count). The molecule has 0 radical (unpaired) electrons. The van der Waals surface area contributed by atoms with Crippen molar-refractivity contribution in [3.05, 3.63) is 50.7 Å². The Balaban J connectivity index is 2.30. The summed E-state index contributed by atoms with van der Waals surface area (Å²) in [7, 11) is 1.88. The number of para-hydroxylation sites is 1. The molecule has 1 N–H and O–H groups in total. The number of nitro benzene ring substituents is 1. The van der Waals surface area contributed by atoms with Gasteiger partial charge in [0.1, 0.15) is 11.4 Å². The van der Waals surface area contributed by atoms with Crippen LogP contribution in [0.25, 0.3) is 0 Å². The van der Waals surface area contributed by atoms with E-state index in [-0.39, 0.29) is 10.6 Å². The van der Waals surface area contributed by atoms with Crippen LogP contribution in [0, 0.1) is 10.1 Å². The van der Waals surface area contributed by atoms with Gasteiger partial charge in [0.25, 0.3) is 0 Å². The molecule has 112 valence electrons. The minimum Gasteiger partial charge on any atom is -0.379 e. The second-order valence-electron chi connectivity index (χ2n) is 4.84. The van der Waals surface area contributed by atoms with Crippen LogP contribution in [-0.2, 0) is 6.54 Å². The van der Waals surface area contributed by atoms with Gasteiger partial charge in [-0.3, -0.25) is 10.1 Å². The van der Waals surface area contributed by atoms with Crippen LogP contribution in [0.4, 0.5) is 17.1 Å². The first-order valence-electron chi connectivity index (χ1n) is 6.87. The molecule has 0 aliphatic carbocycles. The van der Waals surface area contributed by atoms with Crippen LogP contribution in [0.5, 0.6) is 0 Å². The van der Waals surface area contributed by atoms with Crippen molar-refractivity contribution in [2.45, 2.75) is 19.9 Å². The maximum Gasteiger partial charge on any atom is 0.315 e. The third-order valence-electron chi connectivity index (χ3n) is 3.17. The third-order valence-corrected chi connectivity index (χ3v) is 3.91. The van der Waals surface area contributed by atoms with Gasteiger partial charge in [-0.25, -0.2) is 0 Å². The van der Waals surface area contributed by atoms with Crippen LogP contribution >= 0.6 is 11.3 Å². The van der Waals surface area contributed by atoms with E-state index in [9.17, 15) is 10.1 Å². The molecule has 2 aromatic rings. The highest BCUT2D eigenvalue weighted by atomic mass is 32.1. The average Bonchev–Trinajstić information content (AvgIpc) is 2.97. The highest BCUT2D eigenvalue weighted by Gasteiger charge is 2.22. The predicted molar refractivity (Wildman–Crippen MR) is 88.3 cm³/mol. The highest BCUT2D eigenvalue weighted by Crippen LogP contribution is 2.35. The Kier molecular flexibility index (Phi) is 5.16. The largest absolute Gasteiger partial charge is 0.379 e. The number of rotatable bonds is 7. The minimum absolute atomic E-state index is 0.142. The smallest absolute Gasteiger partial charge is 0.315 e. The maximum atomic E-state index is 11.5. The molecule has 0 saturated heterocycles. The molecule has 6 heteroatoms. The number of anilines is 2. The molecule has 0 amide bonds. The highest BCUT2D eigenvalue weighted by molar-refractivity contribution is 7.07. The van der Waals surface area contributed by atoms with Gasteiger partial charge in [-0.2, -0.15) is 11.3 Å². The van der Waals surface area contributed by atoms with Crippen molar-refractivity contribution in [2.24, 2.45) is 0 Å². The predicted octanol–water partition coefficient (Wildman–Crippen LogP) is 4.11. The number of benzene rings is 1. The van der Waals surface area contributed by atoms with Gasteiger partial charge in [-0.15, -0.1) is 0 Å². The number of nitrogens with one attached hydrogen (secondary N) is 1. The SMILES string of the molecule is CCCNc1cccc(N(C)Cc2ccsc2)c1[N+](=O)[O-]. The Hall–Kier alpha value is -2.08. The van der Waals surface area contributed by atoms with Gasteiger partial charge in [0.05, 0.1) is 4.92 Å². The van der Waals surface area contributed by atoms with Crippen LogP contribution in [-0.4, -0.2) is 18.5 Å². The summed E-state index contributed by atoms with van der Waals surface area (Å²) in [5.74, 6) is 0. The molecule has 0 atom stereocenters. The quantitative estimate of drug-likeness (QED) is 0.617. The fraction of sp³-hybridized carbons (Fsp3) is 0.333. The average molecular weight is 305 g/mol. The first-order chi connectivity index (χ1) is 10.1. The van der Waals surface area contributed by atoms with E-state index in [4.69, 9.17) is 0 Å². The summed E-state index contributed by atoms with van der Waals surface area (Å²) in [4.78, 5) is 13.1. The van der Waals surface area contributed by atoms with Crippen molar-refractivity contribution in [3.63, 3.8) is 0 Å². The summed E-state index contributed by atoms with van der Waals surface area (Å²) < 4.78 is 0. The van der Waals surface area contributed by atoms with Crippen LogP contribution in [0.2, 0.25) is 0 Å². The van der Waals surface area contributed by atoms with Crippen LogP contribution in [0.15, 0.2) is 35.0 Å². The van der Waals surface area contributed by atoms with Gasteiger partial charge < -0.3 is 10.2 Å². The summed E-state index contributed by atoms with van der Waals surface area (Å²) in [6, 6.07) is 7.44. The van der Waals surface area contributed by atoms with Crippen LogP contribution < -0.4 is 10.2 Å². The first kappa shape index (κ1) is 15.3. The second kappa shape index (κ2) is 7.08. The second-order valence-corrected chi connectivity index (χ2v) is 5.62. The van der Waals surface area contributed by atoms with E-state index in [0.717, 1.165) is 18.5 Å². The molecular weight excluding hydrogens is 286 g/mol. The number of hydrogen-bond donors (Lipinski definition) is 1. The molecule has 0 unspecified atom stereocenters. The molecule has 1 aromatic carbocycles. The lowest BCUT2D eigenvalue weighted by Crippen LogP contribution is -2.18. The Morgan fingerprint density at radius 2 is 2.19 bits per heavy atom. The molecule has 0 aliphatic rings. The summed E-state index contributed by atoms with van der Waals surface area (Å²) >= 11 is 1.63. The van der Waals surface area contributed by atoms with Gasteiger partial charge in [0.2, 0.25) is 0 Å². The topological polar surface area (TPSA) is 58.4 Å². The molecular formula is C15H19N3O2S. The summed E-state index contributed by atoms with van der Waals surface area (Å²) in [6.07, 6.45) is 0.923. The lowest BCUT2D eigenvalue weighted by molar-refractivity contribution is -0.383. The van der Waals surface area contributed by atoms with Crippen LogP contribution in [0.3, 0.4) is 0 Å². The molecule has 0 bridgehead atoms. The Bertz CT molecular complexity index is 599. The Morgan fingerprint density at radius 1 is 1.38 bits per heavy atom. The van der Waals surface area contributed by atoms with Crippen LogP contribution in [0.1, 0.15) is 18.9 Å². The number of hydrogen-bond acceptors (Lipinski definition) is 5. The zero-order chi connectivity index (χ0) is 15.2. The molecule has 1 aromatic heterocycles. The Morgan fingerprint density at radius 3 is 2.81 bits per heavy atom. The molecule has 0 fully saturated rings. The molecule has 0 aliphatic heterocycles. The number of thiophene rings is 1. The van der Waals surface area contributed by atoms with Gasteiger partial charge in [-0.05, 0) is 40.9 Å². The third kappa shape index (κ3) is 3.72. The van der Waals surface area contributed by atoms with E-state index < -0.39 is 0 Å². The van der Waals surface area contributed by atoms with Gasteiger partial charge in [0, 0.05) is 20.1 Å². The van der Waals surface area contributed by atoms with E-state index in [1.54, 1.807) is 23.5 Å². The van der Waals surface area contributed by atoms with Crippen molar-refractivity contribution < 1.29 is 4.92 Å². The molecule has 0 spiro atoms. The standard InChI is InChI=1S/C15H19N3O2S/c1-3-8-16-13-5-4-6-14(15(13)18(19)20)17(2)10-12-7-9-21-11-12/h4-7,9,11,16H,3,8,10H2,1-2H3. The molecule has 21 heavy (non-hydrogen) atoms. The van der Waals surface area contributed by atoms with E-state index in [2.05, 4.69) is 10.7 Å². The fourth-order valence-electron chi connectivity index (χ4n) is 2.18. The van der Waals surface area contributed by atoms with E-state index in [1.807, 2.05) is 36.4 Å². The summed E-state index contributed by atoms with van der Waals surface area (Å²) in [5, 5.41) is 18.7. The zero-order valence-corrected chi connectivity index (χ0v) is 13.0. The minimum atomic E-state index is -0.308. The normalized spacial score (nSPS) is 10.4. The Labute approximate surface area is 128 Å². The molecule has 0 saturated carbocycles. The van der Waals surface area contributed by atoms with Crippen molar-refractivity contribution in [1.82, 2.24) is 0 Å². The number of nitrogens with zero attached hydrogens (tertiary/aromatic N) is 2. The van der Waals surface area contributed by atoms with Crippen molar-refractivity contribution >= 4 is 28.4 Å². The summed E-state index contributed by atoms with van der Waals surface area (Å²) in [6.45, 7) is 3.41. The zero-order valence-electron chi connectivity index (χ0n) is 12.2. The number of nitro groups is 1. The monoisotopic (exact) mass is 305 g/mol. The molecule has 1 heterocycles. The van der Waals surface area contributed by atoms with Gasteiger partial charge >= 0.3 is 5.69 Å². The van der Waals surface area contributed by atoms with Crippen molar-refractivity contribution in [1.29, 1.82) is 0 Å². The van der Waals surface area contributed by atoms with E-state index in [0.29, 0.717) is 17.9 Å². The van der Waals surface area contributed by atoms with E-state index in [1.165, 1.54) is 0 Å². The summed E-state index contributed by atoms with van der Waals surface area (Å²) in [5.41, 5.74) is 2.51. The van der Waals surface area contributed by atoms with Gasteiger partial charge in [0.15, 0.2) is 0 Å². The fourth-order valence-corrected chi connectivity index (χ4v) is 2.84. The lowest BCUT2D eigenvalue weighted by atomic mass is 10.2. The van der Waals surface area contributed by atoms with Gasteiger partial charge in [-0.1, -0.05) is 13.0 Å². The maximum absolute atomic E-state index is 11.5. The van der Waals surface area contributed by atoms with Crippen molar-refractivity contribution in [2.75, 3.05) is 23.8 Å². The lowest BCUT2D eigenvalue weighted by Gasteiger charge is -2.20.